The number of carbonyl (C=O) groups is 1. The fourth-order valence-corrected chi connectivity index (χ4v) is 2.63. The minimum absolute atomic E-state index is 0.238. The van der Waals surface area contributed by atoms with E-state index in [-0.39, 0.29) is 6.04 Å². The summed E-state index contributed by atoms with van der Waals surface area (Å²) in [5.41, 5.74) is 0. The number of rotatable bonds is 1. The van der Waals surface area contributed by atoms with Crippen LogP contribution in [0, 0.1) is 5.92 Å². The summed E-state index contributed by atoms with van der Waals surface area (Å²) in [7, 11) is 2.09. The predicted molar refractivity (Wildman–Crippen MR) is 43.4 cm³/mol. The molecule has 3 aliphatic rings. The molecule has 0 radical (unpaired) electrons. The Morgan fingerprint density at radius 2 is 1.91 bits per heavy atom. The van der Waals surface area contributed by atoms with Gasteiger partial charge < -0.3 is 4.79 Å². The average molecular weight is 153 g/mol. The fourth-order valence-electron chi connectivity index (χ4n) is 2.63. The first-order valence-corrected chi connectivity index (χ1v) is 4.50. The quantitative estimate of drug-likeness (QED) is 0.525. The van der Waals surface area contributed by atoms with Gasteiger partial charge in [-0.15, -0.1) is 0 Å². The second-order valence-electron chi connectivity index (χ2n) is 3.86. The SMILES string of the molecule is CN1C2CCC(CC2)[C@H]1C=O. The molecule has 1 atom stereocenters. The first kappa shape index (κ1) is 7.29. The Bertz CT molecular complexity index is 159. The molecule has 0 N–H and O–H groups in total. The predicted octanol–water partition coefficient (Wildman–Crippen LogP) is 1.06. The standard InChI is InChI=1S/C9H15NO/c1-10-8-4-2-7(3-5-8)9(10)6-11/h6-9H,2-5H2,1H3/t7?,8?,9-/m1/s1. The van der Waals surface area contributed by atoms with Crippen molar-refractivity contribution >= 4 is 6.29 Å². The van der Waals surface area contributed by atoms with Crippen molar-refractivity contribution < 1.29 is 4.79 Å². The normalized spacial score (nSPS) is 44.3. The highest BCUT2D eigenvalue weighted by Crippen LogP contribution is 2.37. The van der Waals surface area contributed by atoms with E-state index in [2.05, 4.69) is 11.9 Å². The van der Waals surface area contributed by atoms with Gasteiger partial charge in [-0.05, 0) is 38.6 Å². The van der Waals surface area contributed by atoms with E-state index in [1.54, 1.807) is 0 Å². The van der Waals surface area contributed by atoms with Crippen LogP contribution in [0.1, 0.15) is 25.7 Å². The third-order valence-electron chi connectivity index (χ3n) is 3.41. The summed E-state index contributed by atoms with van der Waals surface area (Å²) >= 11 is 0. The average Bonchev–Trinajstić information content (AvgIpc) is 2.06. The zero-order chi connectivity index (χ0) is 7.84. The second kappa shape index (κ2) is 2.59. The Kier molecular flexibility index (Phi) is 1.72. The molecule has 2 nitrogen and oxygen atoms in total. The smallest absolute Gasteiger partial charge is 0.137 e. The minimum atomic E-state index is 0.238. The van der Waals surface area contributed by atoms with Crippen molar-refractivity contribution in [2.45, 2.75) is 37.8 Å². The Hall–Kier alpha value is -0.370. The van der Waals surface area contributed by atoms with Crippen LogP contribution in [0.3, 0.4) is 0 Å². The molecule has 1 aliphatic carbocycles. The van der Waals surface area contributed by atoms with E-state index in [0.717, 1.165) is 6.29 Å². The van der Waals surface area contributed by atoms with Crippen molar-refractivity contribution in [1.82, 2.24) is 4.90 Å². The van der Waals surface area contributed by atoms with E-state index in [1.165, 1.54) is 25.7 Å². The first-order valence-electron chi connectivity index (χ1n) is 4.50. The summed E-state index contributed by atoms with van der Waals surface area (Å²) in [6.07, 6.45) is 6.31. The van der Waals surface area contributed by atoms with Gasteiger partial charge in [0, 0.05) is 6.04 Å². The summed E-state index contributed by atoms with van der Waals surface area (Å²) in [5.74, 6) is 0.669. The lowest BCUT2D eigenvalue weighted by Crippen LogP contribution is -2.53. The molecule has 62 valence electrons. The van der Waals surface area contributed by atoms with Crippen molar-refractivity contribution in [3.8, 4) is 0 Å². The number of carbonyl (C=O) groups excluding carboxylic acids is 1. The maximum atomic E-state index is 10.7. The van der Waals surface area contributed by atoms with E-state index >= 15 is 0 Å². The molecular formula is C9H15NO. The van der Waals surface area contributed by atoms with Gasteiger partial charge in [-0.1, -0.05) is 0 Å². The van der Waals surface area contributed by atoms with E-state index in [4.69, 9.17) is 0 Å². The van der Waals surface area contributed by atoms with Crippen molar-refractivity contribution in [2.75, 3.05) is 7.05 Å². The van der Waals surface area contributed by atoms with Gasteiger partial charge in [0.1, 0.15) is 6.29 Å². The Labute approximate surface area is 67.6 Å². The number of fused-ring (bicyclic) bond motifs is 3. The van der Waals surface area contributed by atoms with E-state index in [9.17, 15) is 4.79 Å². The largest absolute Gasteiger partial charge is 0.302 e. The van der Waals surface area contributed by atoms with Crippen LogP contribution in [0.25, 0.3) is 0 Å². The molecular weight excluding hydrogens is 138 g/mol. The Balaban J connectivity index is 2.16. The summed E-state index contributed by atoms with van der Waals surface area (Å²) < 4.78 is 0. The number of piperidine rings is 2. The summed E-state index contributed by atoms with van der Waals surface area (Å²) in [6.45, 7) is 0. The van der Waals surface area contributed by atoms with Gasteiger partial charge in [0.15, 0.2) is 0 Å². The lowest BCUT2D eigenvalue weighted by Gasteiger charge is -2.47. The van der Waals surface area contributed by atoms with Crippen LogP contribution in [-0.2, 0) is 4.79 Å². The third-order valence-corrected chi connectivity index (χ3v) is 3.41. The molecule has 2 aliphatic heterocycles. The molecule has 3 fully saturated rings. The van der Waals surface area contributed by atoms with E-state index < -0.39 is 0 Å². The molecule has 0 aromatic heterocycles. The van der Waals surface area contributed by atoms with Crippen molar-refractivity contribution in [3.63, 3.8) is 0 Å². The topological polar surface area (TPSA) is 20.3 Å². The maximum absolute atomic E-state index is 10.7. The van der Waals surface area contributed by atoms with Crippen LogP contribution in [0.2, 0.25) is 0 Å². The zero-order valence-corrected chi connectivity index (χ0v) is 6.99. The molecule has 0 amide bonds. The Morgan fingerprint density at radius 3 is 2.27 bits per heavy atom. The van der Waals surface area contributed by atoms with Crippen molar-refractivity contribution in [1.29, 1.82) is 0 Å². The van der Waals surface area contributed by atoms with Gasteiger partial charge in [0.25, 0.3) is 0 Å². The summed E-state index contributed by atoms with van der Waals surface area (Å²) in [4.78, 5) is 13.0. The van der Waals surface area contributed by atoms with Crippen molar-refractivity contribution in [3.05, 3.63) is 0 Å². The molecule has 0 aromatic carbocycles. The number of aldehydes is 1. The molecule has 2 heterocycles. The highest BCUT2D eigenvalue weighted by molar-refractivity contribution is 5.58. The first-order chi connectivity index (χ1) is 5.33. The zero-order valence-electron chi connectivity index (χ0n) is 6.99. The van der Waals surface area contributed by atoms with Crippen LogP contribution in [0.5, 0.6) is 0 Å². The molecule has 0 aromatic rings. The van der Waals surface area contributed by atoms with E-state index in [0.29, 0.717) is 12.0 Å². The van der Waals surface area contributed by atoms with Crippen LogP contribution < -0.4 is 0 Å². The molecule has 1 saturated carbocycles. The number of nitrogens with zero attached hydrogens (tertiary/aromatic N) is 1. The minimum Gasteiger partial charge on any atom is -0.302 e. The molecule has 0 spiro atoms. The monoisotopic (exact) mass is 153 g/mol. The van der Waals surface area contributed by atoms with Gasteiger partial charge >= 0.3 is 0 Å². The molecule has 0 unspecified atom stereocenters. The second-order valence-corrected chi connectivity index (χ2v) is 3.86. The van der Waals surface area contributed by atoms with Gasteiger partial charge in [-0.2, -0.15) is 0 Å². The van der Waals surface area contributed by atoms with E-state index in [1.807, 2.05) is 0 Å². The van der Waals surface area contributed by atoms with Gasteiger partial charge in [0.2, 0.25) is 0 Å². The molecule has 3 rings (SSSR count). The lowest BCUT2D eigenvalue weighted by molar-refractivity contribution is -0.119. The number of hydrogen-bond donors (Lipinski definition) is 0. The summed E-state index contributed by atoms with van der Waals surface area (Å²) in [5, 5.41) is 0. The highest BCUT2D eigenvalue weighted by Gasteiger charge is 2.39. The lowest BCUT2D eigenvalue weighted by atomic mass is 9.75. The summed E-state index contributed by atoms with van der Waals surface area (Å²) in [6, 6.07) is 0.942. The molecule has 2 bridgehead atoms. The highest BCUT2D eigenvalue weighted by atomic mass is 16.1. The van der Waals surface area contributed by atoms with Crippen LogP contribution in [0.15, 0.2) is 0 Å². The molecule has 11 heavy (non-hydrogen) atoms. The van der Waals surface area contributed by atoms with Gasteiger partial charge in [0.05, 0.1) is 6.04 Å². The fraction of sp³-hybridized carbons (Fsp3) is 0.889. The van der Waals surface area contributed by atoms with Crippen molar-refractivity contribution in [2.24, 2.45) is 5.92 Å². The molecule has 2 heteroatoms. The molecule has 2 saturated heterocycles. The van der Waals surface area contributed by atoms with Crippen LogP contribution in [0.4, 0.5) is 0 Å². The third kappa shape index (κ3) is 1.00. The number of hydrogen-bond acceptors (Lipinski definition) is 2. The van der Waals surface area contributed by atoms with Gasteiger partial charge in [-0.25, -0.2) is 0 Å². The Morgan fingerprint density at radius 1 is 1.27 bits per heavy atom. The van der Waals surface area contributed by atoms with Gasteiger partial charge in [-0.3, -0.25) is 4.90 Å². The maximum Gasteiger partial charge on any atom is 0.137 e. The van der Waals surface area contributed by atoms with Crippen LogP contribution >= 0.6 is 0 Å². The number of likely N-dealkylation sites (N-methyl/N-ethyl adjacent to an activating group) is 1. The van der Waals surface area contributed by atoms with Crippen LogP contribution in [-0.4, -0.2) is 30.3 Å².